The molecule has 12 nitrogen and oxygen atoms in total. The van der Waals surface area contributed by atoms with E-state index in [0.29, 0.717) is 26.4 Å². The van der Waals surface area contributed by atoms with Gasteiger partial charge in [0.25, 0.3) is 0 Å². The van der Waals surface area contributed by atoms with Crippen molar-refractivity contribution >= 4 is 23.4 Å². The topological polar surface area (TPSA) is 145 Å². The largest absolute Gasteiger partial charge is 0.446 e. The molecule has 12 heteroatoms. The smallest absolute Gasteiger partial charge is 0.306 e. The first-order valence-electron chi connectivity index (χ1n) is 12.8. The van der Waals surface area contributed by atoms with E-state index in [4.69, 9.17) is 33.2 Å². The Kier molecular flexibility index (Phi) is 10.6. The van der Waals surface area contributed by atoms with Crippen molar-refractivity contribution in [3.8, 4) is 0 Å². The predicted octanol–water partition coefficient (Wildman–Crippen LogP) is 0.822. The third-order valence-electron chi connectivity index (χ3n) is 6.14. The summed E-state index contributed by atoms with van der Waals surface area (Å²) in [5.41, 5.74) is 0. The fourth-order valence-corrected chi connectivity index (χ4v) is 3.89. The summed E-state index contributed by atoms with van der Waals surface area (Å²) in [6.45, 7) is 9.09. The van der Waals surface area contributed by atoms with Gasteiger partial charge in [-0.2, -0.15) is 0 Å². The quantitative estimate of drug-likeness (QED) is 0.283. The molecule has 3 rings (SSSR count). The minimum absolute atomic E-state index is 0.0475. The highest BCUT2D eigenvalue weighted by Gasteiger charge is 2.36. The summed E-state index contributed by atoms with van der Waals surface area (Å²) in [5, 5.41) is 2.88. The predicted molar refractivity (Wildman–Crippen MR) is 126 cm³/mol. The molecule has 3 fully saturated rings. The van der Waals surface area contributed by atoms with Crippen molar-refractivity contribution in [2.45, 2.75) is 95.7 Å². The lowest BCUT2D eigenvalue weighted by Gasteiger charge is -2.36. The Hall–Kier alpha value is -1.96. The number of ether oxygens (including phenoxy) is 7. The number of nitrogens with one attached hydrogen (secondary N) is 1. The fraction of sp³-hybridized carbons (Fsp3) is 0.840. The molecule has 1 aliphatic carbocycles. The molecule has 0 aromatic heterocycles. The summed E-state index contributed by atoms with van der Waals surface area (Å²) in [6, 6.07) is -0.474. The van der Waals surface area contributed by atoms with Crippen molar-refractivity contribution in [3.05, 3.63) is 0 Å². The molecule has 3 aliphatic rings. The summed E-state index contributed by atoms with van der Waals surface area (Å²) in [7, 11) is 0. The Morgan fingerprint density at radius 3 is 1.76 bits per heavy atom. The molecule has 2 heterocycles. The van der Waals surface area contributed by atoms with Gasteiger partial charge in [0.15, 0.2) is 23.1 Å². The van der Waals surface area contributed by atoms with Gasteiger partial charge >= 0.3 is 5.97 Å². The third-order valence-corrected chi connectivity index (χ3v) is 6.14. The molecule has 0 spiro atoms. The molecule has 1 saturated carbocycles. The molecule has 0 atom stereocenters. The lowest BCUT2D eigenvalue weighted by atomic mass is 10.2. The van der Waals surface area contributed by atoms with Crippen LogP contribution in [0.4, 0.5) is 0 Å². The second kappa shape index (κ2) is 13.2. The standard InChI is InChI=1S/C25H39NO11/c1-24(2)33-12-17(13-34-24)31-10-16(11-32-18-14-35-25(3,4)36-15-18)26-21(29)6-5-7-22(30)37-23-19(27)8-9-20(23)28/h16-18,23H,5-15H2,1-4H3,(H,26,29). The van der Waals surface area contributed by atoms with Crippen molar-refractivity contribution in [2.24, 2.45) is 0 Å². The maximum atomic E-state index is 12.6. The highest BCUT2D eigenvalue weighted by atomic mass is 16.7. The second-order valence-electron chi connectivity index (χ2n) is 10.4. The van der Waals surface area contributed by atoms with Crippen molar-refractivity contribution in [3.63, 3.8) is 0 Å². The summed E-state index contributed by atoms with van der Waals surface area (Å²) >= 11 is 0. The maximum Gasteiger partial charge on any atom is 0.306 e. The number of carbonyl (C=O) groups is 4. The summed E-state index contributed by atoms with van der Waals surface area (Å²) in [6.07, 6.45) is -1.51. The van der Waals surface area contributed by atoms with Crippen molar-refractivity contribution < 1.29 is 52.3 Å². The maximum absolute atomic E-state index is 12.6. The van der Waals surface area contributed by atoms with E-state index >= 15 is 0 Å². The van der Waals surface area contributed by atoms with Crippen LogP contribution in [0.1, 0.15) is 59.8 Å². The number of Topliss-reactive ketones (excluding diaryl/α,β-unsaturated/α-hetero) is 2. The average molecular weight is 530 g/mol. The molecule has 2 saturated heterocycles. The molecule has 0 aromatic carbocycles. The van der Waals surface area contributed by atoms with Gasteiger partial charge in [-0.1, -0.05) is 0 Å². The lowest BCUT2D eigenvalue weighted by Crippen LogP contribution is -2.48. The van der Waals surface area contributed by atoms with Gasteiger partial charge in [-0.05, 0) is 34.1 Å². The minimum Gasteiger partial charge on any atom is -0.446 e. The Morgan fingerprint density at radius 2 is 1.30 bits per heavy atom. The van der Waals surface area contributed by atoms with Crippen LogP contribution < -0.4 is 5.32 Å². The van der Waals surface area contributed by atoms with E-state index in [1.807, 2.05) is 27.7 Å². The molecule has 0 bridgehead atoms. The molecule has 1 N–H and O–H groups in total. The monoisotopic (exact) mass is 529 g/mol. The normalized spacial score (nSPS) is 22.9. The van der Waals surface area contributed by atoms with Crippen LogP contribution in [0.15, 0.2) is 0 Å². The Labute approximate surface area is 216 Å². The Balaban J connectivity index is 1.42. The van der Waals surface area contributed by atoms with E-state index in [9.17, 15) is 19.2 Å². The van der Waals surface area contributed by atoms with Gasteiger partial charge < -0.3 is 38.5 Å². The van der Waals surface area contributed by atoms with Crippen LogP contribution >= 0.6 is 0 Å². The fourth-order valence-electron chi connectivity index (χ4n) is 3.89. The van der Waals surface area contributed by atoms with Crippen LogP contribution in [0, 0.1) is 0 Å². The minimum atomic E-state index is -1.29. The highest BCUT2D eigenvalue weighted by Crippen LogP contribution is 2.20. The first-order valence-corrected chi connectivity index (χ1v) is 12.8. The number of amides is 1. The van der Waals surface area contributed by atoms with Crippen LogP contribution in [0.5, 0.6) is 0 Å². The first-order chi connectivity index (χ1) is 17.4. The molecule has 0 unspecified atom stereocenters. The first kappa shape index (κ1) is 29.6. The van der Waals surface area contributed by atoms with Gasteiger partial charge in [-0.25, -0.2) is 0 Å². The number of ketones is 2. The van der Waals surface area contributed by atoms with E-state index in [-0.39, 0.29) is 75.0 Å². The molecule has 0 radical (unpaired) electrons. The molecule has 210 valence electrons. The number of carbonyl (C=O) groups excluding carboxylic acids is 4. The van der Waals surface area contributed by atoms with Gasteiger partial charge in [0, 0.05) is 25.7 Å². The average Bonchev–Trinajstić information content (AvgIpc) is 3.14. The molecular formula is C25H39NO11. The van der Waals surface area contributed by atoms with Gasteiger partial charge in [-0.15, -0.1) is 0 Å². The SMILES string of the molecule is CC1(C)OCC(OCC(COC2COC(C)(C)OC2)NC(=O)CCCC(=O)OC2C(=O)CCC2=O)CO1. The molecular weight excluding hydrogens is 490 g/mol. The van der Waals surface area contributed by atoms with E-state index in [0.717, 1.165) is 0 Å². The van der Waals surface area contributed by atoms with Crippen molar-refractivity contribution in [1.82, 2.24) is 5.32 Å². The zero-order valence-corrected chi connectivity index (χ0v) is 22.1. The zero-order valence-electron chi connectivity index (χ0n) is 22.1. The van der Waals surface area contributed by atoms with E-state index < -0.39 is 29.7 Å². The van der Waals surface area contributed by atoms with Crippen LogP contribution in [-0.2, 0) is 52.3 Å². The van der Waals surface area contributed by atoms with E-state index in [1.165, 1.54) is 0 Å². The van der Waals surface area contributed by atoms with Crippen LogP contribution in [-0.4, -0.2) is 99.0 Å². The van der Waals surface area contributed by atoms with Gasteiger partial charge in [0.05, 0.1) is 45.7 Å². The van der Waals surface area contributed by atoms with Crippen molar-refractivity contribution in [1.29, 1.82) is 0 Å². The molecule has 0 aromatic rings. The Morgan fingerprint density at radius 1 is 0.838 bits per heavy atom. The third kappa shape index (κ3) is 10.0. The second-order valence-corrected chi connectivity index (χ2v) is 10.4. The van der Waals surface area contributed by atoms with E-state index in [1.54, 1.807) is 0 Å². The van der Waals surface area contributed by atoms with E-state index in [2.05, 4.69) is 5.32 Å². The molecule has 2 aliphatic heterocycles. The number of hydrogen-bond donors (Lipinski definition) is 1. The molecule has 37 heavy (non-hydrogen) atoms. The van der Waals surface area contributed by atoms with Crippen LogP contribution in [0.3, 0.4) is 0 Å². The number of rotatable bonds is 12. The number of hydrogen-bond acceptors (Lipinski definition) is 11. The van der Waals surface area contributed by atoms with Crippen molar-refractivity contribution in [2.75, 3.05) is 39.6 Å². The van der Waals surface area contributed by atoms with Crippen LogP contribution in [0.25, 0.3) is 0 Å². The van der Waals surface area contributed by atoms with Crippen LogP contribution in [0.2, 0.25) is 0 Å². The summed E-state index contributed by atoms with van der Waals surface area (Å²) in [4.78, 5) is 47.8. The summed E-state index contributed by atoms with van der Waals surface area (Å²) < 4.78 is 39.3. The van der Waals surface area contributed by atoms with Gasteiger partial charge in [0.1, 0.15) is 12.2 Å². The van der Waals surface area contributed by atoms with Gasteiger partial charge in [-0.3, -0.25) is 19.2 Å². The highest BCUT2D eigenvalue weighted by molar-refractivity contribution is 6.12. The molecule has 1 amide bonds. The summed E-state index contributed by atoms with van der Waals surface area (Å²) in [5.74, 6) is -3.06. The lowest BCUT2D eigenvalue weighted by molar-refractivity contribution is -0.283. The Bertz CT molecular complexity index is 759. The number of esters is 1. The zero-order chi connectivity index (χ0) is 27.1. The van der Waals surface area contributed by atoms with Gasteiger partial charge in [0.2, 0.25) is 12.0 Å².